The lowest BCUT2D eigenvalue weighted by atomic mass is 10.0. The molecule has 0 radical (unpaired) electrons. The van der Waals surface area contributed by atoms with Gasteiger partial charge in [0.25, 0.3) is 0 Å². The molecule has 0 fully saturated rings. The predicted molar refractivity (Wildman–Crippen MR) is 83.7 cm³/mol. The third kappa shape index (κ3) is 3.28. The number of hydrogen-bond acceptors (Lipinski definition) is 2. The van der Waals surface area contributed by atoms with E-state index in [0.29, 0.717) is 0 Å². The Morgan fingerprint density at radius 1 is 1.05 bits per heavy atom. The number of nitrogens with zero attached hydrogens (tertiary/aromatic N) is 1. The van der Waals surface area contributed by atoms with Crippen LogP contribution in [0, 0.1) is 13.8 Å². The van der Waals surface area contributed by atoms with Crippen LogP contribution in [0.4, 0.5) is 11.4 Å². The van der Waals surface area contributed by atoms with Crippen molar-refractivity contribution in [2.45, 2.75) is 20.3 Å². The first kappa shape index (κ1) is 13.5. The van der Waals surface area contributed by atoms with Crippen LogP contribution in [0.5, 0.6) is 0 Å². The molecule has 0 spiro atoms. The average Bonchev–Trinajstić information content (AvgIpc) is 2.40. The molecule has 2 N–H and O–H groups in total. The number of para-hydroxylation sites is 2. The van der Waals surface area contributed by atoms with Crippen LogP contribution >= 0.6 is 0 Å². The van der Waals surface area contributed by atoms with Crippen LogP contribution in [0.2, 0.25) is 0 Å². The van der Waals surface area contributed by atoms with E-state index in [9.17, 15) is 0 Å². The Bertz CT molecular complexity index is 561. The molecule has 0 bridgehead atoms. The minimum absolute atomic E-state index is 0.839. The Morgan fingerprint density at radius 2 is 1.79 bits per heavy atom. The molecule has 0 aliphatic heterocycles. The quantitative estimate of drug-likeness (QED) is 0.845. The molecule has 100 valence electrons. The first-order valence-electron chi connectivity index (χ1n) is 6.69. The van der Waals surface area contributed by atoms with Gasteiger partial charge < -0.3 is 10.6 Å². The summed E-state index contributed by atoms with van der Waals surface area (Å²) in [7, 11) is 2.09. The van der Waals surface area contributed by atoms with Gasteiger partial charge in [-0.1, -0.05) is 35.9 Å². The van der Waals surface area contributed by atoms with Gasteiger partial charge in [0.2, 0.25) is 0 Å². The lowest BCUT2D eigenvalue weighted by molar-refractivity contribution is 0.872. The Hall–Kier alpha value is -1.96. The van der Waals surface area contributed by atoms with E-state index < -0.39 is 0 Å². The van der Waals surface area contributed by atoms with Gasteiger partial charge >= 0.3 is 0 Å². The summed E-state index contributed by atoms with van der Waals surface area (Å²) in [6.07, 6.45) is 1.04. The number of nitrogens with two attached hydrogens (primary N) is 1. The molecular formula is C17H22N2. The van der Waals surface area contributed by atoms with Gasteiger partial charge in [0.1, 0.15) is 0 Å². The molecule has 0 aromatic heterocycles. The van der Waals surface area contributed by atoms with E-state index in [-0.39, 0.29) is 0 Å². The van der Waals surface area contributed by atoms with Crippen LogP contribution in [0.1, 0.15) is 16.7 Å². The maximum Gasteiger partial charge on any atom is 0.0597 e. The topological polar surface area (TPSA) is 29.3 Å². The largest absolute Gasteiger partial charge is 0.397 e. The molecule has 0 aliphatic carbocycles. The van der Waals surface area contributed by atoms with Crippen LogP contribution in [0.3, 0.4) is 0 Å². The summed E-state index contributed by atoms with van der Waals surface area (Å²) in [5.74, 6) is 0. The number of benzene rings is 2. The summed E-state index contributed by atoms with van der Waals surface area (Å²) in [6, 6.07) is 14.6. The molecular weight excluding hydrogens is 232 g/mol. The van der Waals surface area contributed by atoms with Gasteiger partial charge in [0, 0.05) is 13.6 Å². The summed E-state index contributed by atoms with van der Waals surface area (Å²) in [4.78, 5) is 2.22. The van der Waals surface area contributed by atoms with Crippen molar-refractivity contribution < 1.29 is 0 Å². The summed E-state index contributed by atoms with van der Waals surface area (Å²) in [5, 5.41) is 0. The highest BCUT2D eigenvalue weighted by atomic mass is 15.1. The highest BCUT2D eigenvalue weighted by molar-refractivity contribution is 5.66. The number of aryl methyl sites for hydroxylation is 2. The van der Waals surface area contributed by atoms with E-state index in [4.69, 9.17) is 5.73 Å². The van der Waals surface area contributed by atoms with Gasteiger partial charge in [0.05, 0.1) is 11.4 Å². The molecule has 2 aromatic rings. The fourth-order valence-corrected chi connectivity index (χ4v) is 2.31. The van der Waals surface area contributed by atoms with Crippen LogP contribution in [0.15, 0.2) is 42.5 Å². The van der Waals surface area contributed by atoms with Crippen LogP contribution < -0.4 is 10.6 Å². The maximum atomic E-state index is 6.00. The second-order valence-corrected chi connectivity index (χ2v) is 5.16. The minimum atomic E-state index is 0.839. The van der Waals surface area contributed by atoms with Gasteiger partial charge in [-0.3, -0.25) is 0 Å². The molecule has 0 unspecified atom stereocenters. The van der Waals surface area contributed by atoms with E-state index >= 15 is 0 Å². The van der Waals surface area contributed by atoms with Crippen LogP contribution in [-0.4, -0.2) is 13.6 Å². The fraction of sp³-hybridized carbons (Fsp3) is 0.294. The lowest BCUT2D eigenvalue weighted by Crippen LogP contribution is -2.21. The average molecular weight is 254 g/mol. The molecule has 0 atom stereocenters. The van der Waals surface area contributed by atoms with E-state index in [1.807, 2.05) is 18.2 Å². The zero-order valence-electron chi connectivity index (χ0n) is 12.0. The summed E-state index contributed by atoms with van der Waals surface area (Å²) in [5.41, 5.74) is 12.0. The zero-order chi connectivity index (χ0) is 13.8. The van der Waals surface area contributed by atoms with Gasteiger partial charge in [-0.05, 0) is 43.5 Å². The lowest BCUT2D eigenvalue weighted by Gasteiger charge is -2.21. The predicted octanol–water partition coefficient (Wildman–Crippen LogP) is 3.56. The van der Waals surface area contributed by atoms with Crippen molar-refractivity contribution in [1.82, 2.24) is 0 Å². The minimum Gasteiger partial charge on any atom is -0.397 e. The fourth-order valence-electron chi connectivity index (χ4n) is 2.31. The third-order valence-electron chi connectivity index (χ3n) is 3.57. The molecule has 0 aliphatic rings. The molecule has 2 rings (SSSR count). The first-order valence-corrected chi connectivity index (χ1v) is 6.69. The zero-order valence-corrected chi connectivity index (χ0v) is 12.0. The highest BCUT2D eigenvalue weighted by Gasteiger charge is 2.05. The summed E-state index contributed by atoms with van der Waals surface area (Å²) < 4.78 is 0. The Morgan fingerprint density at radius 3 is 2.53 bits per heavy atom. The number of likely N-dealkylation sites (N-methyl/N-ethyl adjacent to an activating group) is 1. The molecule has 0 heterocycles. The second-order valence-electron chi connectivity index (χ2n) is 5.16. The van der Waals surface area contributed by atoms with Crippen molar-refractivity contribution in [2.24, 2.45) is 0 Å². The van der Waals surface area contributed by atoms with E-state index in [1.54, 1.807) is 0 Å². The summed E-state index contributed by atoms with van der Waals surface area (Å²) >= 11 is 0. The molecule has 0 saturated heterocycles. The normalized spacial score (nSPS) is 10.5. The number of hydrogen-bond donors (Lipinski definition) is 1. The smallest absolute Gasteiger partial charge is 0.0597 e. The molecule has 0 saturated carbocycles. The Kier molecular flexibility index (Phi) is 4.10. The van der Waals surface area contributed by atoms with Crippen molar-refractivity contribution in [3.8, 4) is 0 Å². The van der Waals surface area contributed by atoms with Crippen molar-refractivity contribution in [3.05, 3.63) is 59.2 Å². The first-order chi connectivity index (χ1) is 9.08. The van der Waals surface area contributed by atoms with Gasteiger partial charge in [0.15, 0.2) is 0 Å². The van der Waals surface area contributed by atoms with Crippen molar-refractivity contribution in [3.63, 3.8) is 0 Å². The number of rotatable bonds is 4. The van der Waals surface area contributed by atoms with Crippen molar-refractivity contribution in [2.75, 3.05) is 24.2 Å². The SMILES string of the molecule is Cc1ccc(C)c(CCN(C)c2ccccc2N)c1. The van der Waals surface area contributed by atoms with Crippen molar-refractivity contribution in [1.29, 1.82) is 0 Å². The molecule has 2 aromatic carbocycles. The number of nitrogen functional groups attached to an aromatic ring is 1. The third-order valence-corrected chi connectivity index (χ3v) is 3.57. The maximum absolute atomic E-state index is 6.00. The second kappa shape index (κ2) is 5.79. The monoisotopic (exact) mass is 254 g/mol. The van der Waals surface area contributed by atoms with Crippen molar-refractivity contribution >= 4 is 11.4 Å². The molecule has 0 amide bonds. The highest BCUT2D eigenvalue weighted by Crippen LogP contribution is 2.21. The van der Waals surface area contributed by atoms with Crippen LogP contribution in [0.25, 0.3) is 0 Å². The van der Waals surface area contributed by atoms with E-state index in [1.165, 1.54) is 16.7 Å². The Labute approximate surface area is 115 Å². The van der Waals surface area contributed by atoms with Gasteiger partial charge in [-0.25, -0.2) is 0 Å². The van der Waals surface area contributed by atoms with E-state index in [0.717, 1.165) is 24.3 Å². The number of anilines is 2. The van der Waals surface area contributed by atoms with Gasteiger partial charge in [-0.2, -0.15) is 0 Å². The summed E-state index contributed by atoms with van der Waals surface area (Å²) in [6.45, 7) is 5.28. The van der Waals surface area contributed by atoms with E-state index in [2.05, 4.69) is 50.1 Å². The molecule has 19 heavy (non-hydrogen) atoms. The standard InChI is InChI=1S/C17H22N2/c1-13-8-9-14(2)15(12-13)10-11-19(3)17-7-5-4-6-16(17)18/h4-9,12H,10-11,18H2,1-3H3. The van der Waals surface area contributed by atoms with Gasteiger partial charge in [-0.15, -0.1) is 0 Å². The molecule has 2 heteroatoms. The Balaban J connectivity index is 2.06. The van der Waals surface area contributed by atoms with Crippen LogP contribution in [-0.2, 0) is 6.42 Å². The molecule has 2 nitrogen and oxygen atoms in total.